The average molecular weight is 269 g/mol. The van der Waals surface area contributed by atoms with Crippen LogP contribution in [0.25, 0.3) is 10.7 Å². The smallest absolute Gasteiger partial charge is 0.195 e. The lowest BCUT2D eigenvalue weighted by Crippen LogP contribution is -2.07. The van der Waals surface area contributed by atoms with Crippen molar-refractivity contribution >= 4 is 28.7 Å². The number of thiazole rings is 1. The molecule has 0 fully saturated rings. The van der Waals surface area contributed by atoms with Gasteiger partial charge >= 0.3 is 0 Å². The summed E-state index contributed by atoms with van der Waals surface area (Å²) in [5.74, 6) is 0.877. The fraction of sp³-hybridized carbons (Fsp3) is 0.500. The molecule has 1 N–H and O–H groups in total. The molecule has 0 bridgehead atoms. The first-order valence-electron chi connectivity index (χ1n) is 5.42. The maximum atomic E-state index is 5.22. The first-order valence-corrected chi connectivity index (χ1v) is 6.64. The molecule has 0 amide bonds. The fourth-order valence-corrected chi connectivity index (χ4v) is 2.57. The van der Waals surface area contributed by atoms with Crippen LogP contribution in [0.2, 0.25) is 0 Å². The quantitative estimate of drug-likeness (QED) is 0.867. The second kappa shape index (κ2) is 4.97. The zero-order chi connectivity index (χ0) is 12.4. The molecule has 17 heavy (non-hydrogen) atoms. The molecule has 0 unspecified atom stereocenters. The van der Waals surface area contributed by atoms with E-state index in [1.54, 1.807) is 11.3 Å². The summed E-state index contributed by atoms with van der Waals surface area (Å²) in [4.78, 5) is 7.37. The van der Waals surface area contributed by atoms with E-state index in [9.17, 15) is 0 Å². The van der Waals surface area contributed by atoms with E-state index >= 15 is 0 Å². The van der Waals surface area contributed by atoms with Crippen LogP contribution in [0.15, 0.2) is 6.20 Å². The van der Waals surface area contributed by atoms with E-state index in [0.29, 0.717) is 4.77 Å². The van der Waals surface area contributed by atoms with Gasteiger partial charge in [-0.1, -0.05) is 18.3 Å². The predicted molar refractivity (Wildman–Crippen MR) is 73.1 cm³/mol. The van der Waals surface area contributed by atoms with Gasteiger partial charge < -0.3 is 4.90 Å². The Bertz CT molecular complexity index is 551. The summed E-state index contributed by atoms with van der Waals surface area (Å²) in [6.07, 6.45) is 2.87. The Morgan fingerprint density at radius 2 is 2.29 bits per heavy atom. The summed E-state index contributed by atoms with van der Waals surface area (Å²) < 4.78 is 2.68. The third kappa shape index (κ3) is 2.39. The molecule has 0 saturated carbocycles. The lowest BCUT2D eigenvalue weighted by molar-refractivity contribution is 0.675. The summed E-state index contributed by atoms with van der Waals surface area (Å²) >= 11 is 6.83. The monoisotopic (exact) mass is 269 g/mol. The number of aromatic amines is 1. The molecule has 0 aliphatic heterocycles. The van der Waals surface area contributed by atoms with Crippen LogP contribution in [0.4, 0.5) is 5.13 Å². The molecule has 0 aliphatic rings. The van der Waals surface area contributed by atoms with Gasteiger partial charge in [0.2, 0.25) is 0 Å². The molecular formula is C10H15N5S2. The predicted octanol–water partition coefficient (Wildman–Crippen LogP) is 2.54. The number of rotatable bonds is 4. The van der Waals surface area contributed by atoms with E-state index in [1.807, 2.05) is 29.8 Å². The van der Waals surface area contributed by atoms with Crippen molar-refractivity contribution in [3.8, 4) is 10.7 Å². The Balaban J connectivity index is 2.41. The number of aromatic nitrogens is 4. The highest BCUT2D eigenvalue weighted by Crippen LogP contribution is 2.28. The Morgan fingerprint density at radius 1 is 1.53 bits per heavy atom. The molecule has 0 aromatic carbocycles. The molecule has 92 valence electrons. The zero-order valence-electron chi connectivity index (χ0n) is 10.1. The summed E-state index contributed by atoms with van der Waals surface area (Å²) in [5.41, 5.74) is 0. The molecule has 5 nitrogen and oxygen atoms in total. The van der Waals surface area contributed by atoms with Gasteiger partial charge in [-0.25, -0.2) is 4.98 Å². The molecule has 2 rings (SSSR count). The zero-order valence-corrected chi connectivity index (χ0v) is 11.7. The lowest BCUT2D eigenvalue weighted by atomic mass is 10.4. The van der Waals surface area contributed by atoms with Crippen molar-refractivity contribution in [1.82, 2.24) is 19.7 Å². The lowest BCUT2D eigenvalue weighted by Gasteiger charge is -2.05. The van der Waals surface area contributed by atoms with Crippen molar-refractivity contribution in [3.63, 3.8) is 0 Å². The number of hydrogen-bond donors (Lipinski definition) is 1. The van der Waals surface area contributed by atoms with Gasteiger partial charge in [0.05, 0.1) is 11.1 Å². The maximum Gasteiger partial charge on any atom is 0.195 e. The van der Waals surface area contributed by atoms with Crippen LogP contribution in [-0.2, 0) is 6.54 Å². The highest BCUT2D eigenvalue weighted by atomic mass is 32.1. The highest BCUT2D eigenvalue weighted by molar-refractivity contribution is 7.71. The van der Waals surface area contributed by atoms with E-state index in [1.165, 1.54) is 0 Å². The maximum absolute atomic E-state index is 5.22. The second-order valence-electron chi connectivity index (χ2n) is 3.91. The van der Waals surface area contributed by atoms with Crippen molar-refractivity contribution in [3.05, 3.63) is 11.0 Å². The standard InChI is InChI=1S/C10H15N5S2/c1-4-5-15-8(12-13-9(15)16)7-6-11-10(17-7)14(2)3/h6H,4-5H2,1-3H3,(H,13,16). The molecular weight excluding hydrogens is 254 g/mol. The molecule has 0 spiro atoms. The Hall–Kier alpha value is -1.21. The van der Waals surface area contributed by atoms with Crippen LogP contribution in [0.5, 0.6) is 0 Å². The molecule has 0 aliphatic carbocycles. The van der Waals surface area contributed by atoms with Crippen molar-refractivity contribution in [1.29, 1.82) is 0 Å². The molecule has 2 heterocycles. The minimum atomic E-state index is 0.668. The SMILES string of the molecule is CCCn1c(-c2cnc(N(C)C)s2)n[nH]c1=S. The van der Waals surface area contributed by atoms with Crippen LogP contribution in [0.3, 0.4) is 0 Å². The average Bonchev–Trinajstić information content (AvgIpc) is 2.87. The number of anilines is 1. The number of nitrogens with one attached hydrogen (secondary N) is 1. The van der Waals surface area contributed by atoms with Gasteiger partial charge in [0, 0.05) is 20.6 Å². The third-order valence-electron chi connectivity index (χ3n) is 2.30. The molecule has 7 heteroatoms. The Morgan fingerprint density at radius 3 is 2.88 bits per heavy atom. The molecule has 0 saturated heterocycles. The van der Waals surface area contributed by atoms with Gasteiger partial charge in [0.15, 0.2) is 15.7 Å². The first-order chi connectivity index (χ1) is 8.13. The van der Waals surface area contributed by atoms with E-state index in [0.717, 1.165) is 28.8 Å². The summed E-state index contributed by atoms with van der Waals surface area (Å²) in [5, 5.41) is 8.08. The Kier molecular flexibility index (Phi) is 3.58. The first kappa shape index (κ1) is 12.3. The number of nitrogens with zero attached hydrogens (tertiary/aromatic N) is 4. The minimum Gasteiger partial charge on any atom is -0.354 e. The third-order valence-corrected chi connectivity index (χ3v) is 3.77. The van der Waals surface area contributed by atoms with Crippen LogP contribution in [0.1, 0.15) is 13.3 Å². The van der Waals surface area contributed by atoms with Crippen LogP contribution >= 0.6 is 23.6 Å². The van der Waals surface area contributed by atoms with Crippen molar-refractivity contribution in [2.45, 2.75) is 19.9 Å². The van der Waals surface area contributed by atoms with Crippen LogP contribution in [-0.4, -0.2) is 33.8 Å². The molecule has 2 aromatic heterocycles. The van der Waals surface area contributed by atoms with Gasteiger partial charge in [0.1, 0.15) is 0 Å². The van der Waals surface area contributed by atoms with Gasteiger partial charge in [-0.05, 0) is 18.6 Å². The van der Waals surface area contributed by atoms with Crippen molar-refractivity contribution in [2.75, 3.05) is 19.0 Å². The Labute approximate surface area is 109 Å². The highest BCUT2D eigenvalue weighted by Gasteiger charge is 2.12. The molecule has 0 radical (unpaired) electrons. The van der Waals surface area contributed by atoms with Crippen molar-refractivity contribution < 1.29 is 0 Å². The van der Waals surface area contributed by atoms with Gasteiger partial charge in [-0.2, -0.15) is 5.10 Å². The largest absolute Gasteiger partial charge is 0.354 e. The van der Waals surface area contributed by atoms with Gasteiger partial charge in [-0.3, -0.25) is 9.67 Å². The normalized spacial score (nSPS) is 10.8. The summed E-state index contributed by atoms with van der Waals surface area (Å²) in [7, 11) is 3.96. The molecule has 0 atom stereocenters. The number of hydrogen-bond acceptors (Lipinski definition) is 5. The number of H-pyrrole nitrogens is 1. The van der Waals surface area contributed by atoms with E-state index < -0.39 is 0 Å². The van der Waals surface area contributed by atoms with Crippen LogP contribution < -0.4 is 4.90 Å². The topological polar surface area (TPSA) is 49.7 Å². The molecule has 2 aromatic rings. The van der Waals surface area contributed by atoms with E-state index in [-0.39, 0.29) is 0 Å². The van der Waals surface area contributed by atoms with Gasteiger partial charge in [0.25, 0.3) is 0 Å². The summed E-state index contributed by atoms with van der Waals surface area (Å²) in [6.45, 7) is 3.00. The second-order valence-corrected chi connectivity index (χ2v) is 5.30. The van der Waals surface area contributed by atoms with E-state index in [2.05, 4.69) is 22.1 Å². The van der Waals surface area contributed by atoms with Crippen molar-refractivity contribution in [2.24, 2.45) is 0 Å². The fourth-order valence-electron chi connectivity index (χ4n) is 1.51. The van der Waals surface area contributed by atoms with Gasteiger partial charge in [-0.15, -0.1) is 0 Å². The van der Waals surface area contributed by atoms with E-state index in [4.69, 9.17) is 12.2 Å². The van der Waals surface area contributed by atoms with Crippen LogP contribution in [0, 0.1) is 4.77 Å². The summed E-state index contributed by atoms with van der Waals surface area (Å²) in [6, 6.07) is 0. The minimum absolute atomic E-state index is 0.668.